The van der Waals surface area contributed by atoms with Crippen molar-refractivity contribution in [3.63, 3.8) is 0 Å². The third-order valence-electron chi connectivity index (χ3n) is 2.78. The van der Waals surface area contributed by atoms with Gasteiger partial charge in [-0.3, -0.25) is 0 Å². The molecule has 0 spiro atoms. The molecule has 0 aliphatic heterocycles. The maximum atomic E-state index is 5.57. The van der Waals surface area contributed by atoms with Gasteiger partial charge in [0, 0.05) is 29.7 Å². The number of nitrogen functional groups attached to an aromatic ring is 1. The molecule has 84 valence electrons. The fourth-order valence-electron chi connectivity index (χ4n) is 1.98. The number of aromatic amines is 1. The average molecular weight is 224 g/mol. The highest BCUT2D eigenvalue weighted by Gasteiger charge is 2.05. The molecule has 3 aromatic rings. The van der Waals surface area contributed by atoms with Gasteiger partial charge in [0.1, 0.15) is 0 Å². The molecule has 0 aliphatic rings. The molecule has 4 heteroatoms. The Kier molecular flexibility index (Phi) is 2.26. The maximum Gasteiger partial charge on any atom is 0.220 e. The quantitative estimate of drug-likeness (QED) is 0.700. The molecular formula is C13H12N4. The van der Waals surface area contributed by atoms with Gasteiger partial charge in [-0.15, -0.1) is 0 Å². The zero-order valence-electron chi connectivity index (χ0n) is 9.22. The summed E-state index contributed by atoms with van der Waals surface area (Å²) in [6.07, 6.45) is 4.46. The Morgan fingerprint density at radius 1 is 1.18 bits per heavy atom. The van der Waals surface area contributed by atoms with Gasteiger partial charge < -0.3 is 10.7 Å². The number of para-hydroxylation sites is 1. The minimum Gasteiger partial charge on any atom is -0.368 e. The van der Waals surface area contributed by atoms with Crippen LogP contribution in [0.4, 0.5) is 5.95 Å². The van der Waals surface area contributed by atoms with Gasteiger partial charge in [0.25, 0.3) is 0 Å². The molecule has 1 aromatic carbocycles. The average Bonchev–Trinajstić information content (AvgIpc) is 2.73. The van der Waals surface area contributed by atoms with Crippen molar-refractivity contribution in [2.45, 2.75) is 6.42 Å². The first-order valence-electron chi connectivity index (χ1n) is 5.45. The number of nitrogens with zero attached hydrogens (tertiary/aromatic N) is 2. The summed E-state index contributed by atoms with van der Waals surface area (Å²) in [5.74, 6) is 0.322. The van der Waals surface area contributed by atoms with E-state index >= 15 is 0 Å². The maximum absolute atomic E-state index is 5.57. The summed E-state index contributed by atoms with van der Waals surface area (Å²) in [4.78, 5) is 11.3. The van der Waals surface area contributed by atoms with E-state index in [1.54, 1.807) is 6.20 Å². The van der Waals surface area contributed by atoms with Crippen LogP contribution in [0.5, 0.6) is 0 Å². The Labute approximate surface area is 98.5 Å². The van der Waals surface area contributed by atoms with Crippen molar-refractivity contribution in [3.05, 3.63) is 54.0 Å². The van der Waals surface area contributed by atoms with Crippen LogP contribution >= 0.6 is 0 Å². The zero-order chi connectivity index (χ0) is 11.7. The van der Waals surface area contributed by atoms with Crippen LogP contribution < -0.4 is 5.73 Å². The molecule has 3 N–H and O–H groups in total. The molecule has 2 heterocycles. The normalized spacial score (nSPS) is 10.8. The highest BCUT2D eigenvalue weighted by molar-refractivity contribution is 5.83. The highest BCUT2D eigenvalue weighted by atomic mass is 15.0. The highest BCUT2D eigenvalue weighted by Crippen LogP contribution is 2.19. The summed E-state index contributed by atoms with van der Waals surface area (Å²) < 4.78 is 0. The molecule has 0 aliphatic carbocycles. The van der Waals surface area contributed by atoms with Crippen LogP contribution in [0.25, 0.3) is 10.9 Å². The topological polar surface area (TPSA) is 67.6 Å². The lowest BCUT2D eigenvalue weighted by Gasteiger charge is -2.00. The largest absolute Gasteiger partial charge is 0.368 e. The third kappa shape index (κ3) is 1.85. The SMILES string of the molecule is Nc1nccc(Cc2c[nH]c3ccccc23)n1. The summed E-state index contributed by atoms with van der Waals surface area (Å²) in [5.41, 5.74) is 8.87. The van der Waals surface area contributed by atoms with Crippen molar-refractivity contribution in [1.82, 2.24) is 15.0 Å². The van der Waals surface area contributed by atoms with Crippen LogP contribution in [0, 0.1) is 0 Å². The minimum atomic E-state index is 0.322. The van der Waals surface area contributed by atoms with Crippen molar-refractivity contribution < 1.29 is 0 Å². The van der Waals surface area contributed by atoms with Crippen molar-refractivity contribution in [1.29, 1.82) is 0 Å². The Morgan fingerprint density at radius 2 is 2.06 bits per heavy atom. The molecule has 0 radical (unpaired) electrons. The van der Waals surface area contributed by atoms with E-state index in [4.69, 9.17) is 5.73 Å². The van der Waals surface area contributed by atoms with Crippen molar-refractivity contribution in [3.8, 4) is 0 Å². The molecule has 0 fully saturated rings. The summed E-state index contributed by atoms with van der Waals surface area (Å²) in [6.45, 7) is 0. The standard InChI is InChI=1S/C13H12N4/c14-13-15-6-5-10(17-13)7-9-8-16-12-4-2-1-3-11(9)12/h1-6,8,16H,7H2,(H2,14,15,17). The zero-order valence-corrected chi connectivity index (χ0v) is 9.22. The molecule has 0 saturated carbocycles. The number of nitrogens with two attached hydrogens (primary N) is 1. The lowest BCUT2D eigenvalue weighted by molar-refractivity contribution is 1.04. The van der Waals surface area contributed by atoms with Crippen LogP contribution in [0.3, 0.4) is 0 Å². The van der Waals surface area contributed by atoms with E-state index < -0.39 is 0 Å². The predicted octanol–water partition coefficient (Wildman–Crippen LogP) is 2.13. The van der Waals surface area contributed by atoms with Gasteiger partial charge in [0.05, 0.1) is 5.69 Å². The first kappa shape index (κ1) is 9.84. The number of fused-ring (bicyclic) bond motifs is 1. The minimum absolute atomic E-state index is 0.322. The van der Waals surface area contributed by atoms with Crippen molar-refractivity contribution >= 4 is 16.9 Å². The predicted molar refractivity (Wildman–Crippen MR) is 67.5 cm³/mol. The van der Waals surface area contributed by atoms with Crippen LogP contribution in [-0.2, 0) is 6.42 Å². The van der Waals surface area contributed by atoms with E-state index in [-0.39, 0.29) is 0 Å². The van der Waals surface area contributed by atoms with E-state index in [1.165, 1.54) is 10.9 Å². The van der Waals surface area contributed by atoms with E-state index in [0.717, 1.165) is 17.6 Å². The molecule has 0 unspecified atom stereocenters. The fraction of sp³-hybridized carbons (Fsp3) is 0.0769. The van der Waals surface area contributed by atoms with Crippen LogP contribution in [0.2, 0.25) is 0 Å². The summed E-state index contributed by atoms with van der Waals surface area (Å²) >= 11 is 0. The van der Waals surface area contributed by atoms with E-state index in [2.05, 4.69) is 27.1 Å². The second-order valence-electron chi connectivity index (χ2n) is 3.94. The second kappa shape index (κ2) is 3.90. The van der Waals surface area contributed by atoms with Gasteiger partial charge in [-0.1, -0.05) is 18.2 Å². The van der Waals surface area contributed by atoms with E-state index in [9.17, 15) is 0 Å². The molecule has 0 bridgehead atoms. The third-order valence-corrected chi connectivity index (χ3v) is 2.78. The summed E-state index contributed by atoms with van der Waals surface area (Å²) in [7, 11) is 0. The Hall–Kier alpha value is -2.36. The number of hydrogen-bond acceptors (Lipinski definition) is 3. The monoisotopic (exact) mass is 224 g/mol. The van der Waals surface area contributed by atoms with Crippen LogP contribution in [0.15, 0.2) is 42.7 Å². The molecule has 2 aromatic heterocycles. The summed E-state index contributed by atoms with van der Waals surface area (Å²) in [6, 6.07) is 10.1. The Balaban J connectivity index is 2.00. The number of nitrogens with one attached hydrogen (secondary N) is 1. The van der Waals surface area contributed by atoms with Crippen molar-refractivity contribution in [2.75, 3.05) is 5.73 Å². The van der Waals surface area contributed by atoms with Gasteiger partial charge in [-0.05, 0) is 17.7 Å². The van der Waals surface area contributed by atoms with Gasteiger partial charge in [0.15, 0.2) is 0 Å². The smallest absolute Gasteiger partial charge is 0.220 e. The number of aromatic nitrogens is 3. The fourth-order valence-corrected chi connectivity index (χ4v) is 1.98. The van der Waals surface area contributed by atoms with Crippen LogP contribution in [0.1, 0.15) is 11.3 Å². The molecule has 4 nitrogen and oxygen atoms in total. The first-order valence-corrected chi connectivity index (χ1v) is 5.45. The Morgan fingerprint density at radius 3 is 2.94 bits per heavy atom. The second-order valence-corrected chi connectivity index (χ2v) is 3.94. The van der Waals surface area contributed by atoms with Crippen molar-refractivity contribution in [2.24, 2.45) is 0 Å². The Bertz CT molecular complexity index is 657. The van der Waals surface area contributed by atoms with Crippen LogP contribution in [-0.4, -0.2) is 15.0 Å². The lowest BCUT2D eigenvalue weighted by atomic mass is 10.1. The van der Waals surface area contributed by atoms with Gasteiger partial charge >= 0.3 is 0 Å². The first-order chi connectivity index (χ1) is 8.33. The number of rotatable bonds is 2. The molecule has 0 atom stereocenters. The molecule has 0 amide bonds. The number of hydrogen-bond donors (Lipinski definition) is 2. The lowest BCUT2D eigenvalue weighted by Crippen LogP contribution is -1.98. The van der Waals surface area contributed by atoms with E-state index in [0.29, 0.717) is 5.95 Å². The van der Waals surface area contributed by atoms with Gasteiger partial charge in [0.2, 0.25) is 5.95 Å². The molecular weight excluding hydrogens is 212 g/mol. The molecule has 17 heavy (non-hydrogen) atoms. The number of H-pyrrole nitrogens is 1. The number of benzene rings is 1. The summed E-state index contributed by atoms with van der Waals surface area (Å²) in [5, 5.41) is 1.23. The van der Waals surface area contributed by atoms with Gasteiger partial charge in [-0.25, -0.2) is 9.97 Å². The molecule has 0 saturated heterocycles. The van der Waals surface area contributed by atoms with E-state index in [1.807, 2.05) is 24.4 Å². The number of anilines is 1. The van der Waals surface area contributed by atoms with Gasteiger partial charge in [-0.2, -0.15) is 0 Å². The molecule has 3 rings (SSSR count).